The zero-order valence-electron chi connectivity index (χ0n) is 17.7. The van der Waals surface area contributed by atoms with Gasteiger partial charge >= 0.3 is 53.5 Å². The molecule has 0 aliphatic heterocycles. The van der Waals surface area contributed by atoms with Crippen molar-refractivity contribution in [2.24, 2.45) is 5.73 Å². The first kappa shape index (κ1) is 33.5. The van der Waals surface area contributed by atoms with Crippen LogP contribution < -0.4 is 11.1 Å². The monoisotopic (exact) mass is 616 g/mol. The molecule has 0 fully saturated rings. The lowest BCUT2D eigenvalue weighted by Gasteiger charge is -2.42. The Hall–Kier alpha value is -2.55. The van der Waals surface area contributed by atoms with Crippen molar-refractivity contribution in [3.8, 4) is 0 Å². The van der Waals surface area contributed by atoms with E-state index in [1.165, 1.54) is 0 Å². The Kier molecular flexibility index (Phi) is 7.93. The zero-order valence-corrected chi connectivity index (χ0v) is 18.5. The number of nitrogens with two attached hydrogens (primary N) is 1. The Morgan fingerprint density at radius 1 is 0.632 bits per heavy atom. The van der Waals surface area contributed by atoms with Crippen LogP contribution in [0.4, 0.5) is 79.6 Å². The van der Waals surface area contributed by atoms with Crippen molar-refractivity contribution in [1.29, 1.82) is 0 Å². The quantitative estimate of drug-likeness (QED) is 0.315. The lowest BCUT2D eigenvalue weighted by Crippen LogP contribution is -2.75. The SMILES string of the molecule is Cc1sc(NC(=O)C(F)(F)C(F)(F)C(F)(F)C(F)(F)C(F)(F)C(F)(F)C(F)(F)C(F)(F)F)c(C(N)=O)c1C. The number of thiophene rings is 1. The van der Waals surface area contributed by atoms with Gasteiger partial charge in [-0.1, -0.05) is 0 Å². The number of hydrogen-bond acceptors (Lipinski definition) is 3. The molecule has 0 bridgehead atoms. The maximum Gasteiger partial charge on any atom is 0.460 e. The molecule has 0 spiro atoms. The summed E-state index contributed by atoms with van der Waals surface area (Å²) in [6.07, 6.45) is -7.87. The molecule has 1 aromatic heterocycles. The Bertz CT molecular complexity index is 1110. The number of carbonyl (C=O) groups excluding carboxylic acids is 2. The van der Waals surface area contributed by atoms with Crippen molar-refractivity contribution < 1.29 is 84.2 Å². The minimum atomic E-state index is -8.81. The topological polar surface area (TPSA) is 72.2 Å². The molecule has 0 aliphatic rings. The van der Waals surface area contributed by atoms with E-state index < -0.39 is 70.0 Å². The van der Waals surface area contributed by atoms with Gasteiger partial charge in [-0.15, -0.1) is 11.3 Å². The first-order valence-corrected chi connectivity index (χ1v) is 9.63. The number of primary amides is 1. The molecule has 220 valence electrons. The standard InChI is InChI=1S/C16H9F17N2O2S/c1-3-4(2)38-7(5(3)6(34)36)35-8(37)9(17,18)10(19,20)11(21,22)12(23,24)13(25,26)14(27,28)15(29,30)16(31,32)33/h1-2H3,(H2,34,36)(H,35,37). The van der Waals surface area contributed by atoms with Gasteiger partial charge in [0.1, 0.15) is 5.00 Å². The minimum Gasteiger partial charge on any atom is -0.365 e. The molecule has 0 aromatic carbocycles. The van der Waals surface area contributed by atoms with Crippen molar-refractivity contribution in [3.63, 3.8) is 0 Å². The van der Waals surface area contributed by atoms with Crippen molar-refractivity contribution >= 4 is 28.2 Å². The van der Waals surface area contributed by atoms with Crippen molar-refractivity contribution in [3.05, 3.63) is 16.0 Å². The molecule has 1 rings (SSSR count). The summed E-state index contributed by atoms with van der Waals surface area (Å²) < 4.78 is 226. The van der Waals surface area contributed by atoms with Crippen molar-refractivity contribution in [1.82, 2.24) is 0 Å². The van der Waals surface area contributed by atoms with Gasteiger partial charge in [-0.25, -0.2) is 0 Å². The highest BCUT2D eigenvalue weighted by Crippen LogP contribution is 2.64. The third-order valence-corrected chi connectivity index (χ3v) is 5.99. The molecular weight excluding hydrogens is 607 g/mol. The number of nitrogens with one attached hydrogen (secondary N) is 1. The Morgan fingerprint density at radius 3 is 1.32 bits per heavy atom. The second-order valence-corrected chi connectivity index (χ2v) is 8.55. The molecule has 2 amide bonds. The summed E-state index contributed by atoms with van der Waals surface area (Å²) in [5, 5.41) is -0.487. The molecule has 1 aromatic rings. The number of carbonyl (C=O) groups is 2. The first-order valence-electron chi connectivity index (χ1n) is 8.82. The average Bonchev–Trinajstić information content (AvgIpc) is 2.99. The lowest BCUT2D eigenvalue weighted by atomic mass is 9.89. The number of anilines is 1. The van der Waals surface area contributed by atoms with Gasteiger partial charge in [0.2, 0.25) is 0 Å². The summed E-state index contributed by atoms with van der Waals surface area (Å²) in [6.45, 7) is 2.13. The van der Waals surface area contributed by atoms with E-state index in [4.69, 9.17) is 5.73 Å². The van der Waals surface area contributed by atoms with Crippen molar-refractivity contribution in [2.75, 3.05) is 5.32 Å². The smallest absolute Gasteiger partial charge is 0.365 e. The summed E-state index contributed by atoms with van der Waals surface area (Å²) >= 11 is 0.0943. The molecule has 0 aliphatic carbocycles. The van der Waals surface area contributed by atoms with Crippen LogP contribution in [0.1, 0.15) is 20.8 Å². The van der Waals surface area contributed by atoms with Crippen LogP contribution >= 0.6 is 11.3 Å². The van der Waals surface area contributed by atoms with Gasteiger partial charge in [0.05, 0.1) is 5.56 Å². The van der Waals surface area contributed by atoms with Gasteiger partial charge in [-0.3, -0.25) is 9.59 Å². The Morgan fingerprint density at radius 2 is 0.974 bits per heavy atom. The van der Waals surface area contributed by atoms with E-state index in [2.05, 4.69) is 0 Å². The summed E-state index contributed by atoms with van der Waals surface area (Å²) in [5.41, 5.74) is 3.73. The van der Waals surface area contributed by atoms with E-state index in [0.717, 1.165) is 13.8 Å². The number of aryl methyl sites for hydroxylation is 1. The van der Waals surface area contributed by atoms with Gasteiger partial charge < -0.3 is 11.1 Å². The third-order valence-electron chi connectivity index (χ3n) is 4.87. The predicted molar refractivity (Wildman–Crippen MR) is 91.6 cm³/mol. The van der Waals surface area contributed by atoms with Crippen LogP contribution in [-0.2, 0) is 4.79 Å². The predicted octanol–water partition coefficient (Wildman–Crippen LogP) is 6.41. The van der Waals surface area contributed by atoms with Crippen LogP contribution in [0.25, 0.3) is 0 Å². The van der Waals surface area contributed by atoms with Crippen LogP contribution in [0.15, 0.2) is 0 Å². The van der Waals surface area contributed by atoms with Gasteiger partial charge in [0, 0.05) is 4.88 Å². The normalized spacial score (nSPS) is 15.0. The molecule has 0 radical (unpaired) electrons. The van der Waals surface area contributed by atoms with Crippen LogP contribution in [0.2, 0.25) is 0 Å². The van der Waals surface area contributed by atoms with E-state index in [-0.39, 0.29) is 21.8 Å². The van der Waals surface area contributed by atoms with Crippen molar-refractivity contribution in [2.45, 2.75) is 61.5 Å². The van der Waals surface area contributed by atoms with Crippen LogP contribution in [0.5, 0.6) is 0 Å². The van der Waals surface area contributed by atoms with Crippen LogP contribution in [-0.4, -0.2) is 59.4 Å². The Balaban J connectivity index is 3.66. The van der Waals surface area contributed by atoms with E-state index in [9.17, 15) is 84.2 Å². The fraction of sp³-hybridized carbons (Fsp3) is 0.625. The Labute approximate surface area is 201 Å². The molecule has 0 unspecified atom stereocenters. The zero-order chi connectivity index (χ0) is 30.9. The fourth-order valence-electron chi connectivity index (χ4n) is 2.50. The van der Waals surface area contributed by atoms with E-state index in [1.54, 1.807) is 0 Å². The van der Waals surface area contributed by atoms with E-state index >= 15 is 0 Å². The number of amides is 2. The summed E-state index contributed by atoms with van der Waals surface area (Å²) in [5.74, 6) is -64.0. The average molecular weight is 616 g/mol. The van der Waals surface area contributed by atoms with Crippen LogP contribution in [0.3, 0.4) is 0 Å². The largest absolute Gasteiger partial charge is 0.460 e. The highest BCUT2D eigenvalue weighted by molar-refractivity contribution is 7.16. The maximum absolute atomic E-state index is 14.0. The molecule has 0 saturated heterocycles. The molecule has 0 saturated carbocycles. The number of alkyl halides is 17. The van der Waals surface area contributed by atoms with E-state index in [0.29, 0.717) is 5.32 Å². The number of rotatable bonds is 9. The van der Waals surface area contributed by atoms with Gasteiger partial charge in [-0.05, 0) is 19.4 Å². The van der Waals surface area contributed by atoms with E-state index in [1.807, 2.05) is 0 Å². The molecule has 1 heterocycles. The second-order valence-electron chi connectivity index (χ2n) is 7.32. The molecular formula is C16H9F17N2O2S. The minimum absolute atomic E-state index is 0.0616. The molecule has 22 heteroatoms. The summed E-state index contributed by atoms with van der Waals surface area (Å²) in [6, 6.07) is 0. The van der Waals surface area contributed by atoms with Gasteiger partial charge in [0.15, 0.2) is 0 Å². The molecule has 4 nitrogen and oxygen atoms in total. The summed E-state index contributed by atoms with van der Waals surface area (Å²) in [7, 11) is 0. The lowest BCUT2D eigenvalue weighted by molar-refractivity contribution is -0.459. The fourth-order valence-corrected chi connectivity index (χ4v) is 3.56. The van der Waals surface area contributed by atoms with Gasteiger partial charge in [-0.2, -0.15) is 74.6 Å². The number of halogens is 17. The number of hydrogen-bond donors (Lipinski definition) is 2. The molecule has 3 N–H and O–H groups in total. The second kappa shape index (κ2) is 9.00. The highest BCUT2D eigenvalue weighted by Gasteiger charge is 2.95. The first-order chi connectivity index (χ1) is 16.4. The van der Waals surface area contributed by atoms with Gasteiger partial charge in [0.25, 0.3) is 5.91 Å². The summed E-state index contributed by atoms with van der Waals surface area (Å²) in [4.78, 5) is 22.9. The molecule has 38 heavy (non-hydrogen) atoms. The van der Waals surface area contributed by atoms with Crippen LogP contribution in [0, 0.1) is 13.8 Å². The highest BCUT2D eigenvalue weighted by atomic mass is 32.1. The maximum atomic E-state index is 14.0. The molecule has 0 atom stereocenters. The third kappa shape index (κ3) is 4.31.